The molecular weight excluding hydrogens is 320 g/mol. The predicted octanol–water partition coefficient (Wildman–Crippen LogP) is 3.30. The summed E-state index contributed by atoms with van der Waals surface area (Å²) in [4.78, 5) is 11.9. The summed E-state index contributed by atoms with van der Waals surface area (Å²) < 4.78 is 11.9. The maximum absolute atomic E-state index is 11.6. The van der Waals surface area contributed by atoms with Gasteiger partial charge in [-0.2, -0.15) is 0 Å². The van der Waals surface area contributed by atoms with E-state index in [2.05, 4.69) is 4.74 Å². The topological polar surface area (TPSA) is 66.5 Å². The Bertz CT molecular complexity index is 724. The molecular formula is C12H11ClN2O3S2. The largest absolute Gasteiger partial charge is 0.495 e. The minimum absolute atomic E-state index is 0.201. The van der Waals surface area contributed by atoms with Crippen LogP contribution in [0.2, 0.25) is 5.02 Å². The smallest absolute Gasteiger partial charge is 0.351 e. The highest BCUT2D eigenvalue weighted by molar-refractivity contribution is 7.73. The van der Waals surface area contributed by atoms with Crippen LogP contribution in [0.1, 0.15) is 9.67 Å². The van der Waals surface area contributed by atoms with Gasteiger partial charge in [0.15, 0.2) is 8.83 Å². The fraction of sp³-hybridized carbons (Fsp3) is 0.167. The van der Waals surface area contributed by atoms with Gasteiger partial charge in [0.05, 0.1) is 19.9 Å². The van der Waals surface area contributed by atoms with Crippen molar-refractivity contribution in [1.29, 1.82) is 0 Å². The second-order valence-electron chi connectivity index (χ2n) is 3.73. The lowest BCUT2D eigenvalue weighted by molar-refractivity contribution is 0.0607. The van der Waals surface area contributed by atoms with E-state index in [1.807, 2.05) is 0 Å². The van der Waals surface area contributed by atoms with Gasteiger partial charge in [0.1, 0.15) is 11.6 Å². The van der Waals surface area contributed by atoms with Crippen LogP contribution < -0.4 is 10.5 Å². The molecule has 0 aliphatic heterocycles. The summed E-state index contributed by atoms with van der Waals surface area (Å²) in [5.74, 6) is 0.220. The van der Waals surface area contributed by atoms with E-state index in [1.54, 1.807) is 18.2 Å². The fourth-order valence-corrected chi connectivity index (χ4v) is 3.13. The second kappa shape index (κ2) is 5.82. The first kappa shape index (κ1) is 14.8. The molecule has 0 atom stereocenters. The van der Waals surface area contributed by atoms with Crippen molar-refractivity contribution in [3.8, 4) is 11.4 Å². The first-order chi connectivity index (χ1) is 9.49. The molecule has 0 saturated heterocycles. The van der Waals surface area contributed by atoms with Crippen LogP contribution >= 0.6 is 35.2 Å². The molecule has 0 amide bonds. The van der Waals surface area contributed by atoms with E-state index in [-0.39, 0.29) is 10.7 Å². The number of hydrogen-bond acceptors (Lipinski definition) is 6. The summed E-state index contributed by atoms with van der Waals surface area (Å²) in [7, 11) is 2.81. The Morgan fingerprint density at radius 3 is 2.75 bits per heavy atom. The Morgan fingerprint density at radius 2 is 2.15 bits per heavy atom. The molecule has 106 valence electrons. The summed E-state index contributed by atoms with van der Waals surface area (Å²) in [6.45, 7) is 0. The number of esters is 1. The number of benzene rings is 1. The van der Waals surface area contributed by atoms with Crippen molar-refractivity contribution < 1.29 is 14.3 Å². The number of halogens is 1. The van der Waals surface area contributed by atoms with Gasteiger partial charge in [0, 0.05) is 5.02 Å². The van der Waals surface area contributed by atoms with Crippen molar-refractivity contribution in [3.63, 3.8) is 0 Å². The van der Waals surface area contributed by atoms with Crippen LogP contribution in [0.5, 0.6) is 5.75 Å². The first-order valence-corrected chi connectivity index (χ1v) is 7.03. The Balaban J connectivity index is 2.71. The number of nitrogen functional groups attached to an aromatic ring is 1. The van der Waals surface area contributed by atoms with Crippen molar-refractivity contribution in [2.45, 2.75) is 0 Å². The number of hydrogen-bond donors (Lipinski definition) is 1. The Morgan fingerprint density at radius 1 is 1.45 bits per heavy atom. The molecule has 0 aliphatic carbocycles. The standard InChI is InChI=1S/C12H11ClN2O3S2/c1-17-8-4-3-6(13)5-7(8)15-10(14)9(11(16)18-2)20-12(15)19/h3-5H,14H2,1-2H3. The average Bonchev–Trinajstić information content (AvgIpc) is 2.73. The van der Waals surface area contributed by atoms with Crippen molar-refractivity contribution in [1.82, 2.24) is 4.57 Å². The number of anilines is 1. The molecule has 1 aromatic heterocycles. The molecule has 2 rings (SSSR count). The van der Waals surface area contributed by atoms with E-state index in [4.69, 9.17) is 34.3 Å². The van der Waals surface area contributed by atoms with Crippen LogP contribution in [-0.4, -0.2) is 24.8 Å². The minimum Gasteiger partial charge on any atom is -0.495 e. The van der Waals surface area contributed by atoms with E-state index >= 15 is 0 Å². The molecule has 2 N–H and O–H groups in total. The minimum atomic E-state index is -0.529. The lowest BCUT2D eigenvalue weighted by atomic mass is 10.3. The molecule has 0 aliphatic rings. The molecule has 0 fully saturated rings. The van der Waals surface area contributed by atoms with E-state index in [0.717, 1.165) is 11.3 Å². The monoisotopic (exact) mass is 330 g/mol. The number of nitrogens with two attached hydrogens (primary N) is 1. The molecule has 1 aromatic carbocycles. The van der Waals surface area contributed by atoms with Gasteiger partial charge in [-0.1, -0.05) is 22.9 Å². The third kappa shape index (κ3) is 2.52. The molecule has 0 saturated carbocycles. The van der Waals surface area contributed by atoms with Gasteiger partial charge in [-0.3, -0.25) is 4.57 Å². The first-order valence-electron chi connectivity index (χ1n) is 5.43. The predicted molar refractivity (Wildman–Crippen MR) is 81.8 cm³/mol. The third-order valence-corrected chi connectivity index (χ3v) is 4.20. The van der Waals surface area contributed by atoms with Gasteiger partial charge in [0.25, 0.3) is 0 Å². The number of thiazole rings is 1. The number of carbonyl (C=O) groups is 1. The number of nitrogens with zero attached hydrogens (tertiary/aromatic N) is 1. The van der Waals surface area contributed by atoms with Crippen LogP contribution in [0.25, 0.3) is 5.69 Å². The molecule has 20 heavy (non-hydrogen) atoms. The molecule has 1 heterocycles. The van der Waals surface area contributed by atoms with E-state index in [9.17, 15) is 4.79 Å². The zero-order chi connectivity index (χ0) is 14.9. The summed E-state index contributed by atoms with van der Waals surface area (Å²) >= 11 is 12.3. The highest BCUT2D eigenvalue weighted by atomic mass is 35.5. The molecule has 0 bridgehead atoms. The number of methoxy groups -OCH3 is 2. The quantitative estimate of drug-likeness (QED) is 0.691. The van der Waals surface area contributed by atoms with E-state index in [0.29, 0.717) is 20.4 Å². The highest BCUT2D eigenvalue weighted by Crippen LogP contribution is 2.33. The third-order valence-electron chi connectivity index (χ3n) is 2.60. The molecule has 8 heteroatoms. The zero-order valence-electron chi connectivity index (χ0n) is 10.7. The van der Waals surface area contributed by atoms with Crippen LogP contribution in [0.15, 0.2) is 18.2 Å². The van der Waals surface area contributed by atoms with Gasteiger partial charge in [0.2, 0.25) is 0 Å². The Hall–Kier alpha value is -1.57. The zero-order valence-corrected chi connectivity index (χ0v) is 13.1. The molecule has 2 aromatic rings. The Labute approximate surface area is 129 Å². The highest BCUT2D eigenvalue weighted by Gasteiger charge is 2.20. The normalized spacial score (nSPS) is 10.3. The average molecular weight is 331 g/mol. The number of ether oxygens (including phenoxy) is 2. The van der Waals surface area contributed by atoms with Gasteiger partial charge < -0.3 is 15.2 Å². The fourth-order valence-electron chi connectivity index (χ4n) is 1.69. The van der Waals surface area contributed by atoms with Crippen molar-refractivity contribution in [3.05, 3.63) is 32.1 Å². The maximum atomic E-state index is 11.6. The number of carbonyl (C=O) groups excluding carboxylic acids is 1. The van der Waals surface area contributed by atoms with Crippen LogP contribution in [0.4, 0.5) is 5.82 Å². The van der Waals surface area contributed by atoms with Gasteiger partial charge >= 0.3 is 5.97 Å². The molecule has 5 nitrogen and oxygen atoms in total. The molecule has 0 unspecified atom stereocenters. The SMILES string of the molecule is COC(=O)c1sc(=S)n(-c2cc(Cl)ccc2OC)c1N. The van der Waals surface area contributed by atoms with Crippen LogP contribution in [0.3, 0.4) is 0 Å². The Kier molecular flexibility index (Phi) is 4.32. The van der Waals surface area contributed by atoms with Crippen LogP contribution in [-0.2, 0) is 4.74 Å². The summed E-state index contributed by atoms with van der Waals surface area (Å²) in [6.07, 6.45) is 0. The van der Waals surface area contributed by atoms with Gasteiger partial charge in [-0.25, -0.2) is 4.79 Å². The van der Waals surface area contributed by atoms with Crippen molar-refractivity contribution in [2.75, 3.05) is 20.0 Å². The van der Waals surface area contributed by atoms with Crippen molar-refractivity contribution >= 4 is 46.9 Å². The maximum Gasteiger partial charge on any atom is 0.351 e. The number of aromatic nitrogens is 1. The summed E-state index contributed by atoms with van der Waals surface area (Å²) in [6, 6.07) is 5.06. The van der Waals surface area contributed by atoms with E-state index < -0.39 is 5.97 Å². The lowest BCUT2D eigenvalue weighted by Crippen LogP contribution is -2.07. The second-order valence-corrected chi connectivity index (χ2v) is 5.81. The summed E-state index contributed by atoms with van der Waals surface area (Å²) in [5.41, 5.74) is 6.57. The molecule has 0 radical (unpaired) electrons. The van der Waals surface area contributed by atoms with Gasteiger partial charge in [-0.05, 0) is 30.4 Å². The van der Waals surface area contributed by atoms with E-state index in [1.165, 1.54) is 18.8 Å². The number of rotatable bonds is 3. The molecule has 0 spiro atoms. The summed E-state index contributed by atoms with van der Waals surface area (Å²) in [5, 5.41) is 0.507. The van der Waals surface area contributed by atoms with Crippen molar-refractivity contribution in [2.24, 2.45) is 0 Å². The van der Waals surface area contributed by atoms with Crippen LogP contribution in [0, 0.1) is 3.95 Å². The van der Waals surface area contributed by atoms with Gasteiger partial charge in [-0.15, -0.1) is 0 Å². The lowest BCUT2D eigenvalue weighted by Gasteiger charge is -2.11.